The van der Waals surface area contributed by atoms with Gasteiger partial charge in [-0.2, -0.15) is 0 Å². The summed E-state index contributed by atoms with van der Waals surface area (Å²) in [5.41, 5.74) is 1.45. The lowest BCUT2D eigenvalue weighted by atomic mass is 10.1. The van der Waals surface area contributed by atoms with Crippen LogP contribution in [0.3, 0.4) is 0 Å². The molecule has 0 saturated carbocycles. The fourth-order valence-electron chi connectivity index (χ4n) is 2.15. The highest BCUT2D eigenvalue weighted by Crippen LogP contribution is 2.25. The lowest BCUT2D eigenvalue weighted by Gasteiger charge is -2.10. The molecule has 5 nitrogen and oxygen atoms in total. The van der Waals surface area contributed by atoms with Gasteiger partial charge in [0.05, 0.1) is 25.5 Å². The largest absolute Gasteiger partial charge is 0.497 e. The van der Waals surface area contributed by atoms with E-state index in [4.69, 9.17) is 14.2 Å². The van der Waals surface area contributed by atoms with Crippen LogP contribution in [0.2, 0.25) is 0 Å². The number of rotatable bonds is 8. The van der Waals surface area contributed by atoms with Crippen molar-refractivity contribution in [2.45, 2.75) is 11.8 Å². The average Bonchev–Trinajstić information content (AvgIpc) is 2.64. The number of benzene rings is 2. The Labute approximate surface area is 151 Å². The summed E-state index contributed by atoms with van der Waals surface area (Å²) in [6.45, 7) is 1.66. The Morgan fingerprint density at radius 2 is 1.80 bits per heavy atom. The number of carbonyl (C=O) groups excluding carboxylic acids is 2. The number of hydrogen-bond donors (Lipinski definition) is 0. The summed E-state index contributed by atoms with van der Waals surface area (Å²) in [5, 5.41) is 0. The highest BCUT2D eigenvalue weighted by molar-refractivity contribution is 8.00. The number of aryl methyl sites for hydroxylation is 1. The third kappa shape index (κ3) is 5.26. The highest BCUT2D eigenvalue weighted by Gasteiger charge is 2.16. The van der Waals surface area contributed by atoms with Gasteiger partial charge >= 0.3 is 5.97 Å². The second kappa shape index (κ2) is 9.13. The molecule has 2 aromatic rings. The molecule has 2 rings (SSSR count). The number of Topliss-reactive ketones (excluding diaryl/α,β-unsaturated/α-hetero) is 1. The van der Waals surface area contributed by atoms with Crippen LogP contribution in [0.15, 0.2) is 47.4 Å². The van der Waals surface area contributed by atoms with Crippen molar-refractivity contribution in [1.29, 1.82) is 0 Å². The molecule has 0 aliphatic carbocycles. The van der Waals surface area contributed by atoms with Gasteiger partial charge in [-0.15, -0.1) is 11.8 Å². The van der Waals surface area contributed by atoms with E-state index in [1.54, 1.807) is 18.2 Å². The van der Waals surface area contributed by atoms with Crippen molar-refractivity contribution in [1.82, 2.24) is 0 Å². The Bertz CT molecular complexity index is 757. The summed E-state index contributed by atoms with van der Waals surface area (Å²) in [6.07, 6.45) is 0. The van der Waals surface area contributed by atoms with Gasteiger partial charge in [-0.25, -0.2) is 0 Å². The Morgan fingerprint density at radius 1 is 1.04 bits per heavy atom. The molecule has 0 aromatic heterocycles. The summed E-state index contributed by atoms with van der Waals surface area (Å²) < 4.78 is 15.4. The predicted molar refractivity (Wildman–Crippen MR) is 96.7 cm³/mol. The zero-order valence-electron chi connectivity index (χ0n) is 14.4. The topological polar surface area (TPSA) is 61.8 Å². The molecular weight excluding hydrogens is 340 g/mol. The van der Waals surface area contributed by atoms with E-state index >= 15 is 0 Å². The molecule has 132 valence electrons. The molecular formula is C19H20O5S. The van der Waals surface area contributed by atoms with Crippen LogP contribution >= 0.6 is 11.8 Å². The average molecular weight is 360 g/mol. The molecule has 2 aromatic carbocycles. The maximum absolute atomic E-state index is 12.3. The van der Waals surface area contributed by atoms with Crippen molar-refractivity contribution in [2.75, 3.05) is 26.6 Å². The van der Waals surface area contributed by atoms with Gasteiger partial charge in [0.1, 0.15) is 11.5 Å². The molecule has 0 spiro atoms. The molecule has 0 heterocycles. The fraction of sp³-hybridized carbons (Fsp3) is 0.263. The van der Waals surface area contributed by atoms with Crippen molar-refractivity contribution in [3.63, 3.8) is 0 Å². The zero-order valence-corrected chi connectivity index (χ0v) is 15.2. The first kappa shape index (κ1) is 18.9. The number of ether oxygens (including phenoxy) is 3. The first-order chi connectivity index (χ1) is 12.0. The predicted octanol–water partition coefficient (Wildman–Crippen LogP) is 3.53. The maximum atomic E-state index is 12.3. The van der Waals surface area contributed by atoms with E-state index in [9.17, 15) is 9.59 Å². The van der Waals surface area contributed by atoms with E-state index in [-0.39, 0.29) is 18.1 Å². The van der Waals surface area contributed by atoms with Crippen LogP contribution in [0.25, 0.3) is 0 Å². The van der Waals surface area contributed by atoms with Crippen molar-refractivity contribution >= 4 is 23.5 Å². The van der Waals surface area contributed by atoms with Crippen LogP contribution in [0, 0.1) is 6.92 Å². The molecule has 0 atom stereocenters. The Balaban J connectivity index is 1.89. The molecule has 0 aliphatic rings. The summed E-state index contributed by atoms with van der Waals surface area (Å²) in [6, 6.07) is 12.6. The fourth-order valence-corrected chi connectivity index (χ4v) is 2.98. The molecule has 25 heavy (non-hydrogen) atoms. The van der Waals surface area contributed by atoms with E-state index < -0.39 is 5.97 Å². The number of ketones is 1. The van der Waals surface area contributed by atoms with Crippen molar-refractivity contribution in [3.8, 4) is 11.5 Å². The van der Waals surface area contributed by atoms with E-state index in [0.717, 1.165) is 10.5 Å². The van der Waals surface area contributed by atoms with Crippen LogP contribution in [0.4, 0.5) is 0 Å². The molecule has 0 N–H and O–H groups in total. The monoisotopic (exact) mass is 360 g/mol. The molecule has 6 heteroatoms. The van der Waals surface area contributed by atoms with Crippen molar-refractivity contribution in [3.05, 3.63) is 53.6 Å². The van der Waals surface area contributed by atoms with Crippen LogP contribution in [0.5, 0.6) is 11.5 Å². The van der Waals surface area contributed by atoms with Gasteiger partial charge in [-0.3, -0.25) is 9.59 Å². The lowest BCUT2D eigenvalue weighted by Crippen LogP contribution is -2.16. The first-order valence-corrected chi connectivity index (χ1v) is 8.63. The van der Waals surface area contributed by atoms with E-state index in [2.05, 4.69) is 0 Å². The molecule has 0 unspecified atom stereocenters. The van der Waals surface area contributed by atoms with Gasteiger partial charge in [-0.05, 0) is 30.7 Å². The van der Waals surface area contributed by atoms with Crippen molar-refractivity contribution < 1.29 is 23.8 Å². The molecule has 0 fully saturated rings. The van der Waals surface area contributed by atoms with Crippen LogP contribution in [-0.4, -0.2) is 38.3 Å². The Morgan fingerprint density at radius 3 is 2.48 bits per heavy atom. The van der Waals surface area contributed by atoms with Crippen LogP contribution in [0.1, 0.15) is 15.9 Å². The minimum atomic E-state index is -0.436. The third-order valence-electron chi connectivity index (χ3n) is 3.51. The number of carbonyl (C=O) groups is 2. The second-order valence-corrected chi connectivity index (χ2v) is 6.22. The SMILES string of the molecule is COc1ccc(C(=O)COC(=O)CSc2ccccc2C)c(OC)c1. The van der Waals surface area contributed by atoms with Gasteiger partial charge in [0.15, 0.2) is 6.61 Å². The summed E-state index contributed by atoms with van der Waals surface area (Å²) in [7, 11) is 3.00. The molecule has 0 radical (unpaired) electrons. The van der Waals surface area contributed by atoms with Gasteiger partial charge in [0.25, 0.3) is 0 Å². The van der Waals surface area contributed by atoms with Crippen LogP contribution < -0.4 is 9.47 Å². The number of thioether (sulfide) groups is 1. The smallest absolute Gasteiger partial charge is 0.316 e. The molecule has 0 bridgehead atoms. The molecule has 0 saturated heterocycles. The second-order valence-electron chi connectivity index (χ2n) is 5.20. The normalized spacial score (nSPS) is 10.2. The van der Waals surface area contributed by atoms with Gasteiger partial charge in [0, 0.05) is 11.0 Å². The molecule has 0 amide bonds. The summed E-state index contributed by atoms with van der Waals surface area (Å²) in [5.74, 6) is 0.357. The standard InChI is InChI=1S/C19H20O5S/c1-13-6-4-5-7-18(13)25-12-19(21)24-11-16(20)15-9-8-14(22-2)10-17(15)23-3/h4-10H,11-12H2,1-3H3. The zero-order chi connectivity index (χ0) is 18.2. The Kier molecular flexibility index (Phi) is 6.89. The number of hydrogen-bond acceptors (Lipinski definition) is 6. The first-order valence-electron chi connectivity index (χ1n) is 7.64. The summed E-state index contributed by atoms with van der Waals surface area (Å²) >= 11 is 1.39. The lowest BCUT2D eigenvalue weighted by molar-refractivity contribution is -0.139. The Hall–Kier alpha value is -2.47. The van der Waals surface area contributed by atoms with E-state index in [0.29, 0.717) is 17.1 Å². The van der Waals surface area contributed by atoms with Crippen LogP contribution in [-0.2, 0) is 9.53 Å². The molecule has 0 aliphatic heterocycles. The maximum Gasteiger partial charge on any atom is 0.316 e. The quantitative estimate of drug-likeness (QED) is 0.408. The summed E-state index contributed by atoms with van der Waals surface area (Å²) in [4.78, 5) is 25.1. The minimum Gasteiger partial charge on any atom is -0.497 e. The highest BCUT2D eigenvalue weighted by atomic mass is 32.2. The third-order valence-corrected chi connectivity index (χ3v) is 4.66. The number of esters is 1. The van der Waals surface area contributed by atoms with E-state index in [1.807, 2.05) is 31.2 Å². The number of methoxy groups -OCH3 is 2. The van der Waals surface area contributed by atoms with Gasteiger partial charge < -0.3 is 14.2 Å². The van der Waals surface area contributed by atoms with Crippen molar-refractivity contribution in [2.24, 2.45) is 0 Å². The van der Waals surface area contributed by atoms with Gasteiger partial charge in [0.2, 0.25) is 5.78 Å². The van der Waals surface area contributed by atoms with Gasteiger partial charge in [-0.1, -0.05) is 18.2 Å². The van der Waals surface area contributed by atoms with E-state index in [1.165, 1.54) is 26.0 Å². The minimum absolute atomic E-state index is 0.151.